The molecule has 19 heavy (non-hydrogen) atoms. The number of carboxylic acids is 1. The van der Waals surface area contributed by atoms with Crippen LogP contribution in [0.3, 0.4) is 0 Å². The van der Waals surface area contributed by atoms with E-state index in [1.165, 1.54) is 5.56 Å². The lowest BCUT2D eigenvalue weighted by Gasteiger charge is -2.36. The summed E-state index contributed by atoms with van der Waals surface area (Å²) >= 11 is 0. The van der Waals surface area contributed by atoms with Crippen LogP contribution in [0.5, 0.6) is 0 Å². The maximum atomic E-state index is 11.7. The fourth-order valence-electron chi connectivity index (χ4n) is 3.06. The highest BCUT2D eigenvalue weighted by Gasteiger charge is 2.41. The molecule has 0 radical (unpaired) electrons. The van der Waals surface area contributed by atoms with E-state index < -0.39 is 11.4 Å². The van der Waals surface area contributed by atoms with Crippen LogP contribution in [-0.2, 0) is 17.6 Å². The molecule has 0 saturated heterocycles. The maximum Gasteiger partial charge on any atom is 0.309 e. The molecule has 0 aliphatic heterocycles. The first-order chi connectivity index (χ1) is 9.05. The Morgan fingerprint density at radius 3 is 2.21 bits per heavy atom. The number of rotatable bonds is 4. The van der Waals surface area contributed by atoms with E-state index in [2.05, 4.69) is 38.1 Å². The molecular weight excluding hydrogens is 236 g/mol. The van der Waals surface area contributed by atoms with Crippen LogP contribution in [0, 0.1) is 11.3 Å². The Morgan fingerprint density at radius 2 is 1.74 bits per heavy atom. The summed E-state index contributed by atoms with van der Waals surface area (Å²) < 4.78 is 0. The van der Waals surface area contributed by atoms with E-state index in [9.17, 15) is 9.90 Å². The highest BCUT2D eigenvalue weighted by Crippen LogP contribution is 2.41. The summed E-state index contributed by atoms with van der Waals surface area (Å²) in [6.45, 7) is 4.36. The zero-order valence-electron chi connectivity index (χ0n) is 12.0. The van der Waals surface area contributed by atoms with E-state index in [-0.39, 0.29) is 0 Å². The molecule has 0 unspecified atom stereocenters. The smallest absolute Gasteiger partial charge is 0.309 e. The molecule has 1 aliphatic carbocycles. The summed E-state index contributed by atoms with van der Waals surface area (Å²) in [5.41, 5.74) is 1.94. The second-order valence-electron chi connectivity index (χ2n) is 6.11. The molecule has 1 aliphatic rings. The SMILES string of the molecule is CCc1ccc(CC2(C(=O)O)CCC(C)CC2)cc1. The fourth-order valence-corrected chi connectivity index (χ4v) is 3.06. The molecular formula is C17H24O2. The number of aliphatic carboxylic acids is 1. The number of aryl methyl sites for hydroxylation is 1. The van der Waals surface area contributed by atoms with Gasteiger partial charge in [0.15, 0.2) is 0 Å². The molecule has 2 heteroatoms. The topological polar surface area (TPSA) is 37.3 Å². The molecule has 0 amide bonds. The Morgan fingerprint density at radius 1 is 1.21 bits per heavy atom. The molecule has 104 valence electrons. The van der Waals surface area contributed by atoms with Crippen molar-refractivity contribution in [3.8, 4) is 0 Å². The van der Waals surface area contributed by atoms with Crippen LogP contribution in [0.4, 0.5) is 0 Å². The standard InChI is InChI=1S/C17H24O2/c1-3-14-4-6-15(7-5-14)12-17(16(18)19)10-8-13(2)9-11-17/h4-7,13H,3,8-12H2,1-2H3,(H,18,19). The number of carbonyl (C=O) groups is 1. The summed E-state index contributed by atoms with van der Waals surface area (Å²) in [6, 6.07) is 8.44. The van der Waals surface area contributed by atoms with Gasteiger partial charge in [0, 0.05) is 0 Å². The molecule has 1 N–H and O–H groups in total. The average molecular weight is 260 g/mol. The Kier molecular flexibility index (Phi) is 4.28. The van der Waals surface area contributed by atoms with Crippen molar-refractivity contribution in [1.82, 2.24) is 0 Å². The van der Waals surface area contributed by atoms with Crippen molar-refractivity contribution < 1.29 is 9.90 Å². The first-order valence-corrected chi connectivity index (χ1v) is 7.37. The summed E-state index contributed by atoms with van der Waals surface area (Å²) in [5, 5.41) is 9.64. The van der Waals surface area contributed by atoms with Gasteiger partial charge in [-0.25, -0.2) is 0 Å². The second kappa shape index (κ2) is 5.77. The first-order valence-electron chi connectivity index (χ1n) is 7.37. The third-order valence-corrected chi connectivity index (χ3v) is 4.66. The van der Waals surface area contributed by atoms with Gasteiger partial charge in [0.1, 0.15) is 0 Å². The molecule has 0 atom stereocenters. The second-order valence-corrected chi connectivity index (χ2v) is 6.11. The molecule has 0 aromatic heterocycles. The van der Waals surface area contributed by atoms with Crippen LogP contribution in [-0.4, -0.2) is 11.1 Å². The zero-order valence-corrected chi connectivity index (χ0v) is 12.0. The summed E-state index contributed by atoms with van der Waals surface area (Å²) in [4.78, 5) is 11.7. The van der Waals surface area contributed by atoms with Crippen molar-refractivity contribution in [3.05, 3.63) is 35.4 Å². The lowest BCUT2D eigenvalue weighted by Crippen LogP contribution is -2.37. The predicted molar refractivity (Wildman–Crippen MR) is 77.2 cm³/mol. The normalized spacial score (nSPS) is 27.2. The van der Waals surface area contributed by atoms with Gasteiger partial charge < -0.3 is 5.11 Å². The third-order valence-electron chi connectivity index (χ3n) is 4.66. The minimum Gasteiger partial charge on any atom is -0.481 e. The molecule has 1 aromatic rings. The minimum absolute atomic E-state index is 0.528. The van der Waals surface area contributed by atoms with Gasteiger partial charge >= 0.3 is 5.97 Å². The monoisotopic (exact) mass is 260 g/mol. The number of hydrogen-bond acceptors (Lipinski definition) is 1. The van der Waals surface area contributed by atoms with Crippen molar-refractivity contribution in [2.45, 2.75) is 52.4 Å². The van der Waals surface area contributed by atoms with Gasteiger partial charge in [0.05, 0.1) is 5.41 Å². The Balaban J connectivity index is 2.14. The molecule has 1 aromatic carbocycles. The van der Waals surface area contributed by atoms with Crippen LogP contribution >= 0.6 is 0 Å². The van der Waals surface area contributed by atoms with Gasteiger partial charge in [0.25, 0.3) is 0 Å². The number of carboxylic acid groups (broad SMARTS) is 1. The van der Waals surface area contributed by atoms with Gasteiger partial charge in [-0.05, 0) is 55.6 Å². The molecule has 1 fully saturated rings. The third kappa shape index (κ3) is 3.17. The largest absolute Gasteiger partial charge is 0.481 e. The predicted octanol–water partition coefficient (Wildman–Crippen LogP) is 4.07. The summed E-state index contributed by atoms with van der Waals surface area (Å²) in [7, 11) is 0. The molecule has 0 spiro atoms. The zero-order chi connectivity index (χ0) is 13.9. The highest BCUT2D eigenvalue weighted by atomic mass is 16.4. The average Bonchev–Trinajstić information content (AvgIpc) is 2.42. The van der Waals surface area contributed by atoms with Crippen molar-refractivity contribution in [2.75, 3.05) is 0 Å². The van der Waals surface area contributed by atoms with Crippen molar-refractivity contribution in [2.24, 2.45) is 11.3 Å². The first kappa shape index (κ1) is 14.1. The van der Waals surface area contributed by atoms with E-state index in [1.807, 2.05) is 0 Å². The highest BCUT2D eigenvalue weighted by molar-refractivity contribution is 5.75. The fraction of sp³-hybridized carbons (Fsp3) is 0.588. The Hall–Kier alpha value is -1.31. The van der Waals surface area contributed by atoms with Crippen molar-refractivity contribution >= 4 is 5.97 Å². The van der Waals surface area contributed by atoms with Crippen LogP contribution in [0.1, 0.15) is 50.7 Å². The molecule has 1 saturated carbocycles. The van der Waals surface area contributed by atoms with E-state index in [0.717, 1.165) is 37.7 Å². The lowest BCUT2D eigenvalue weighted by molar-refractivity contribution is -0.151. The number of benzene rings is 1. The van der Waals surface area contributed by atoms with Crippen LogP contribution in [0.2, 0.25) is 0 Å². The van der Waals surface area contributed by atoms with E-state index in [1.54, 1.807) is 0 Å². The van der Waals surface area contributed by atoms with Gasteiger partial charge in [-0.3, -0.25) is 4.79 Å². The maximum absolute atomic E-state index is 11.7. The summed E-state index contributed by atoms with van der Waals surface area (Å²) in [5.74, 6) is 0.0638. The van der Waals surface area contributed by atoms with Gasteiger partial charge in [-0.2, -0.15) is 0 Å². The van der Waals surface area contributed by atoms with Gasteiger partial charge in [-0.1, -0.05) is 38.1 Å². The quantitative estimate of drug-likeness (QED) is 0.886. The van der Waals surface area contributed by atoms with Crippen molar-refractivity contribution in [3.63, 3.8) is 0 Å². The molecule has 0 bridgehead atoms. The van der Waals surface area contributed by atoms with Gasteiger partial charge in [-0.15, -0.1) is 0 Å². The van der Waals surface area contributed by atoms with Crippen LogP contribution in [0.25, 0.3) is 0 Å². The van der Waals surface area contributed by atoms with Crippen LogP contribution < -0.4 is 0 Å². The van der Waals surface area contributed by atoms with E-state index >= 15 is 0 Å². The van der Waals surface area contributed by atoms with E-state index in [4.69, 9.17) is 0 Å². The molecule has 2 nitrogen and oxygen atoms in total. The Labute approximate surface area is 115 Å². The Bertz CT molecular complexity index is 425. The van der Waals surface area contributed by atoms with E-state index in [0.29, 0.717) is 12.3 Å². The summed E-state index contributed by atoms with van der Waals surface area (Å²) in [6.07, 6.45) is 5.43. The van der Waals surface area contributed by atoms with Crippen LogP contribution in [0.15, 0.2) is 24.3 Å². The van der Waals surface area contributed by atoms with Crippen molar-refractivity contribution in [1.29, 1.82) is 0 Å². The lowest BCUT2D eigenvalue weighted by atomic mass is 9.68. The number of hydrogen-bond donors (Lipinski definition) is 1. The van der Waals surface area contributed by atoms with Gasteiger partial charge in [0.2, 0.25) is 0 Å². The molecule has 2 rings (SSSR count). The molecule has 0 heterocycles. The minimum atomic E-state index is -0.612.